The Hall–Kier alpha value is -1.87. The number of carbonyl (C=O) groups is 1. The van der Waals surface area contributed by atoms with Crippen molar-refractivity contribution in [1.82, 2.24) is 14.9 Å². The van der Waals surface area contributed by atoms with Crippen LogP contribution in [0.4, 0.5) is 0 Å². The van der Waals surface area contributed by atoms with Crippen molar-refractivity contribution in [2.75, 3.05) is 19.5 Å². The number of hydrogen-bond donors (Lipinski definition) is 1. The lowest BCUT2D eigenvalue weighted by molar-refractivity contribution is -0.119. The third kappa shape index (κ3) is 5.03. The molecule has 1 aromatic carbocycles. The van der Waals surface area contributed by atoms with E-state index < -0.39 is 0 Å². The topological polar surface area (TPSA) is 73.2 Å². The second kappa shape index (κ2) is 10.4. The number of thioether (sulfide) groups is 1. The zero-order valence-electron chi connectivity index (χ0n) is 18.2. The van der Waals surface area contributed by atoms with Crippen LogP contribution < -0.4 is 10.9 Å². The molecular formula is C23H26ClN3O3S2. The molecule has 0 saturated carbocycles. The molecule has 3 aromatic rings. The number of nitrogens with zero attached hydrogens (tertiary/aromatic N) is 2. The van der Waals surface area contributed by atoms with Crippen molar-refractivity contribution >= 4 is 50.8 Å². The van der Waals surface area contributed by atoms with Crippen LogP contribution in [0.25, 0.3) is 10.2 Å². The lowest BCUT2D eigenvalue weighted by atomic mass is 9.97. The fourth-order valence-corrected chi connectivity index (χ4v) is 6.22. The van der Waals surface area contributed by atoms with Crippen molar-refractivity contribution in [2.24, 2.45) is 0 Å². The van der Waals surface area contributed by atoms with Crippen LogP contribution in [0.5, 0.6) is 0 Å². The maximum atomic E-state index is 13.4. The lowest BCUT2D eigenvalue weighted by Gasteiger charge is -2.15. The van der Waals surface area contributed by atoms with Gasteiger partial charge in [-0.3, -0.25) is 14.2 Å². The van der Waals surface area contributed by atoms with Gasteiger partial charge in [-0.05, 0) is 55.9 Å². The van der Waals surface area contributed by atoms with Crippen molar-refractivity contribution < 1.29 is 9.53 Å². The number of benzene rings is 1. The van der Waals surface area contributed by atoms with Gasteiger partial charge in [-0.15, -0.1) is 11.3 Å². The number of methoxy groups -OCH3 is 1. The Morgan fingerprint density at radius 1 is 1.31 bits per heavy atom. The van der Waals surface area contributed by atoms with Crippen LogP contribution in [0, 0.1) is 0 Å². The Kier molecular flexibility index (Phi) is 7.55. The van der Waals surface area contributed by atoms with E-state index in [1.807, 2.05) is 31.2 Å². The first-order valence-electron chi connectivity index (χ1n) is 10.7. The molecule has 0 aliphatic heterocycles. The van der Waals surface area contributed by atoms with Crippen LogP contribution in [-0.4, -0.2) is 34.9 Å². The zero-order chi connectivity index (χ0) is 22.7. The minimum Gasteiger partial charge on any atom is -0.383 e. The molecule has 0 saturated heterocycles. The molecule has 0 spiro atoms. The molecule has 0 bridgehead atoms. The Morgan fingerprint density at radius 3 is 2.81 bits per heavy atom. The van der Waals surface area contributed by atoms with Gasteiger partial charge in [0.25, 0.3) is 5.56 Å². The number of thiophene rings is 1. The molecule has 2 aromatic heterocycles. The number of ether oxygens (including phenoxy) is 1. The monoisotopic (exact) mass is 491 g/mol. The number of fused-ring (bicyclic) bond motifs is 3. The van der Waals surface area contributed by atoms with E-state index in [0.717, 1.165) is 41.5 Å². The predicted molar refractivity (Wildman–Crippen MR) is 131 cm³/mol. The van der Waals surface area contributed by atoms with Gasteiger partial charge in [0.1, 0.15) is 4.83 Å². The van der Waals surface area contributed by atoms with E-state index in [9.17, 15) is 9.59 Å². The van der Waals surface area contributed by atoms with Gasteiger partial charge in [0.15, 0.2) is 5.16 Å². The van der Waals surface area contributed by atoms with E-state index in [1.165, 1.54) is 22.2 Å². The van der Waals surface area contributed by atoms with Crippen molar-refractivity contribution in [3.63, 3.8) is 0 Å². The molecule has 170 valence electrons. The van der Waals surface area contributed by atoms with E-state index in [-0.39, 0.29) is 23.3 Å². The minimum absolute atomic E-state index is 0.0242. The van der Waals surface area contributed by atoms with E-state index in [2.05, 4.69) is 5.32 Å². The summed E-state index contributed by atoms with van der Waals surface area (Å²) in [5, 5.41) is 4.98. The summed E-state index contributed by atoms with van der Waals surface area (Å²) in [5.41, 5.74) is 2.13. The first kappa shape index (κ1) is 23.3. The molecule has 4 rings (SSSR count). The summed E-state index contributed by atoms with van der Waals surface area (Å²) in [6, 6.07) is 7.27. The summed E-state index contributed by atoms with van der Waals surface area (Å²) < 4.78 is 6.88. The summed E-state index contributed by atoms with van der Waals surface area (Å²) in [4.78, 5) is 32.9. The quantitative estimate of drug-likeness (QED) is 0.368. The third-order valence-corrected chi connectivity index (χ3v) is 8.05. The molecule has 1 amide bonds. The number of rotatable bonds is 8. The third-order valence-electron chi connectivity index (χ3n) is 5.64. The second-order valence-corrected chi connectivity index (χ2v) is 10.3. The summed E-state index contributed by atoms with van der Waals surface area (Å²) in [7, 11) is 1.61. The van der Waals surface area contributed by atoms with Crippen LogP contribution >= 0.6 is 34.7 Å². The van der Waals surface area contributed by atoms with E-state index in [4.69, 9.17) is 21.3 Å². The van der Waals surface area contributed by atoms with Gasteiger partial charge >= 0.3 is 0 Å². The second-order valence-electron chi connectivity index (χ2n) is 7.86. The molecule has 1 aliphatic carbocycles. The van der Waals surface area contributed by atoms with Crippen LogP contribution in [0.15, 0.2) is 34.2 Å². The number of carbonyl (C=O) groups excluding carboxylic acids is 1. The molecule has 32 heavy (non-hydrogen) atoms. The molecule has 0 radical (unpaired) electrons. The average molecular weight is 492 g/mol. The molecule has 0 fully saturated rings. The normalized spacial score (nSPS) is 14.3. The Bertz CT molecular complexity index is 1170. The number of aromatic nitrogens is 2. The molecule has 1 N–H and O–H groups in total. The van der Waals surface area contributed by atoms with Gasteiger partial charge in [-0.2, -0.15) is 0 Å². The van der Waals surface area contributed by atoms with E-state index in [0.29, 0.717) is 23.3 Å². The maximum absolute atomic E-state index is 13.4. The fourth-order valence-electron chi connectivity index (χ4n) is 3.96. The number of amides is 1. The standard InChI is InChI=1S/C23H26ClN3O3S2/c1-14(15-7-9-16(24)10-8-15)25-19(28)13-31-23-26-21-20(22(29)27(23)11-12-30-2)17-5-3-4-6-18(17)32-21/h7-10,14H,3-6,11-13H2,1-2H3,(H,25,28). The summed E-state index contributed by atoms with van der Waals surface area (Å²) >= 11 is 8.86. The van der Waals surface area contributed by atoms with Crippen molar-refractivity contribution in [3.8, 4) is 0 Å². The number of halogens is 1. The van der Waals surface area contributed by atoms with Gasteiger partial charge < -0.3 is 10.1 Å². The zero-order valence-corrected chi connectivity index (χ0v) is 20.5. The molecular weight excluding hydrogens is 466 g/mol. The van der Waals surface area contributed by atoms with Gasteiger partial charge in [0.05, 0.1) is 30.3 Å². The summed E-state index contributed by atoms with van der Waals surface area (Å²) in [6.07, 6.45) is 4.22. The van der Waals surface area contributed by atoms with Crippen LogP contribution in [0.3, 0.4) is 0 Å². The maximum Gasteiger partial charge on any atom is 0.263 e. The molecule has 9 heteroatoms. The van der Waals surface area contributed by atoms with Crippen LogP contribution in [-0.2, 0) is 28.9 Å². The van der Waals surface area contributed by atoms with Crippen LogP contribution in [0.2, 0.25) is 5.02 Å². The number of aryl methyl sites for hydroxylation is 2. The summed E-state index contributed by atoms with van der Waals surface area (Å²) in [6.45, 7) is 2.75. The van der Waals surface area contributed by atoms with Crippen molar-refractivity contribution in [1.29, 1.82) is 0 Å². The summed E-state index contributed by atoms with van der Waals surface area (Å²) in [5.74, 6) is 0.0593. The van der Waals surface area contributed by atoms with Gasteiger partial charge in [-0.25, -0.2) is 4.98 Å². The van der Waals surface area contributed by atoms with Gasteiger partial charge in [0, 0.05) is 17.0 Å². The largest absolute Gasteiger partial charge is 0.383 e. The first-order valence-corrected chi connectivity index (χ1v) is 12.9. The fraction of sp³-hybridized carbons (Fsp3) is 0.435. The highest BCUT2D eigenvalue weighted by Gasteiger charge is 2.22. The predicted octanol–water partition coefficient (Wildman–Crippen LogP) is 4.61. The first-order chi connectivity index (χ1) is 15.5. The average Bonchev–Trinajstić information content (AvgIpc) is 3.16. The van der Waals surface area contributed by atoms with Gasteiger partial charge in [0.2, 0.25) is 5.91 Å². The minimum atomic E-state index is -0.143. The van der Waals surface area contributed by atoms with Crippen molar-refractivity contribution in [3.05, 3.63) is 55.6 Å². The molecule has 1 atom stereocenters. The smallest absolute Gasteiger partial charge is 0.263 e. The SMILES string of the molecule is COCCn1c(SCC(=O)NC(C)c2ccc(Cl)cc2)nc2sc3c(c2c1=O)CCCC3. The Balaban J connectivity index is 1.54. The number of nitrogens with one attached hydrogen (secondary N) is 1. The highest BCUT2D eigenvalue weighted by Crippen LogP contribution is 2.34. The Morgan fingerprint density at radius 2 is 2.06 bits per heavy atom. The molecule has 6 nitrogen and oxygen atoms in total. The highest BCUT2D eigenvalue weighted by molar-refractivity contribution is 7.99. The van der Waals surface area contributed by atoms with Crippen molar-refractivity contribution in [2.45, 2.75) is 50.4 Å². The molecule has 1 unspecified atom stereocenters. The lowest BCUT2D eigenvalue weighted by Crippen LogP contribution is -2.29. The highest BCUT2D eigenvalue weighted by atomic mass is 35.5. The van der Waals surface area contributed by atoms with Gasteiger partial charge in [-0.1, -0.05) is 35.5 Å². The Labute approximate surface area is 200 Å². The van der Waals surface area contributed by atoms with Crippen LogP contribution in [0.1, 0.15) is 41.8 Å². The molecule has 1 aliphatic rings. The van der Waals surface area contributed by atoms with E-state index in [1.54, 1.807) is 23.0 Å². The van der Waals surface area contributed by atoms with E-state index >= 15 is 0 Å². The molecule has 2 heterocycles. The number of hydrogen-bond acceptors (Lipinski definition) is 6.